The molecule has 0 saturated carbocycles. The zero-order valence-corrected chi connectivity index (χ0v) is 20.1. The third-order valence-corrected chi connectivity index (χ3v) is 6.48. The van der Waals surface area contributed by atoms with Gasteiger partial charge in [-0.15, -0.1) is 5.11 Å². The number of benzene rings is 4. The largest absolute Gasteiger partial charge is 0.505 e. The van der Waals surface area contributed by atoms with Crippen molar-refractivity contribution in [3.8, 4) is 5.75 Å². The summed E-state index contributed by atoms with van der Waals surface area (Å²) in [7, 11) is -4.77. The summed E-state index contributed by atoms with van der Waals surface area (Å²) < 4.78 is 34.3. The molecule has 8 nitrogen and oxygen atoms in total. The van der Waals surface area contributed by atoms with Gasteiger partial charge in [0.2, 0.25) is 0 Å². The Labute approximate surface area is 202 Å². The van der Waals surface area contributed by atoms with Gasteiger partial charge >= 0.3 is 0 Å². The number of amides is 1. The quantitative estimate of drug-likeness (QED) is 0.221. The number of carbonyl (C=O) groups is 1. The number of phenols is 1. The molecule has 0 atom stereocenters. The molecule has 0 spiro atoms. The maximum Gasteiger partial charge on any atom is 0.296 e. The van der Waals surface area contributed by atoms with Crippen LogP contribution in [0.4, 0.5) is 17.1 Å². The topological polar surface area (TPSA) is 128 Å². The van der Waals surface area contributed by atoms with Crippen LogP contribution >= 0.6 is 0 Å². The summed E-state index contributed by atoms with van der Waals surface area (Å²) in [5.41, 5.74) is 3.04. The van der Waals surface area contributed by atoms with Gasteiger partial charge in [-0.05, 0) is 73.2 Å². The van der Waals surface area contributed by atoms with Crippen LogP contribution in [0.2, 0.25) is 0 Å². The molecule has 4 aromatic rings. The van der Waals surface area contributed by atoms with E-state index in [1.807, 2.05) is 26.0 Å². The van der Waals surface area contributed by atoms with Gasteiger partial charge in [-0.2, -0.15) is 13.5 Å². The highest BCUT2D eigenvalue weighted by Gasteiger charge is 2.24. The van der Waals surface area contributed by atoms with Crippen LogP contribution in [0.3, 0.4) is 0 Å². The van der Waals surface area contributed by atoms with Crippen molar-refractivity contribution < 1.29 is 22.9 Å². The zero-order valence-electron chi connectivity index (χ0n) is 19.3. The Hall–Kier alpha value is -4.08. The monoisotopic (exact) mass is 489 g/mol. The molecule has 9 heteroatoms. The maximum atomic E-state index is 12.8. The van der Waals surface area contributed by atoms with Gasteiger partial charge in [0, 0.05) is 10.9 Å². The fourth-order valence-electron chi connectivity index (χ4n) is 3.71. The lowest BCUT2D eigenvalue weighted by Crippen LogP contribution is -2.12. The molecule has 0 unspecified atom stereocenters. The number of aryl methyl sites for hydroxylation is 3. The average Bonchev–Trinajstić information content (AvgIpc) is 2.82. The molecule has 35 heavy (non-hydrogen) atoms. The number of rotatable bonds is 5. The van der Waals surface area contributed by atoms with Gasteiger partial charge < -0.3 is 10.4 Å². The molecule has 0 radical (unpaired) electrons. The van der Waals surface area contributed by atoms with Crippen molar-refractivity contribution in [3.63, 3.8) is 0 Å². The Morgan fingerprint density at radius 1 is 0.886 bits per heavy atom. The molecule has 0 heterocycles. The summed E-state index contributed by atoms with van der Waals surface area (Å²) >= 11 is 0. The molecule has 4 aromatic carbocycles. The van der Waals surface area contributed by atoms with E-state index < -0.39 is 32.4 Å². The number of anilines is 1. The van der Waals surface area contributed by atoms with Gasteiger partial charge in [0.25, 0.3) is 16.0 Å². The minimum atomic E-state index is -4.77. The van der Waals surface area contributed by atoms with E-state index in [0.717, 1.165) is 11.1 Å². The first kappa shape index (κ1) is 24.1. The van der Waals surface area contributed by atoms with Crippen molar-refractivity contribution in [3.05, 3.63) is 89.0 Å². The molecule has 178 valence electrons. The molecule has 0 bridgehead atoms. The van der Waals surface area contributed by atoms with Crippen molar-refractivity contribution in [1.29, 1.82) is 0 Å². The van der Waals surface area contributed by atoms with Crippen LogP contribution in [0.1, 0.15) is 27.0 Å². The number of hydrogen-bond acceptors (Lipinski definition) is 6. The molecule has 4 rings (SSSR count). The first-order chi connectivity index (χ1) is 16.6. The lowest BCUT2D eigenvalue weighted by atomic mass is 10.0. The molecule has 0 aliphatic rings. The second-order valence-corrected chi connectivity index (χ2v) is 9.60. The zero-order chi connectivity index (χ0) is 25.3. The summed E-state index contributed by atoms with van der Waals surface area (Å²) in [6.07, 6.45) is 0. The van der Waals surface area contributed by atoms with Crippen LogP contribution in [0, 0.1) is 20.8 Å². The molecule has 3 N–H and O–H groups in total. The van der Waals surface area contributed by atoms with Gasteiger partial charge in [-0.3, -0.25) is 9.35 Å². The van der Waals surface area contributed by atoms with E-state index in [1.54, 1.807) is 55.5 Å². The molecule has 0 aromatic heterocycles. The Morgan fingerprint density at radius 2 is 1.57 bits per heavy atom. The Bertz CT molecular complexity index is 1600. The predicted molar refractivity (Wildman–Crippen MR) is 135 cm³/mol. The van der Waals surface area contributed by atoms with E-state index in [2.05, 4.69) is 15.5 Å². The van der Waals surface area contributed by atoms with Crippen molar-refractivity contribution in [1.82, 2.24) is 0 Å². The summed E-state index contributed by atoms with van der Waals surface area (Å²) in [6.45, 7) is 5.41. The number of hydrogen-bond donors (Lipinski definition) is 3. The first-order valence-corrected chi connectivity index (χ1v) is 12.1. The number of nitrogens with zero attached hydrogens (tertiary/aromatic N) is 2. The van der Waals surface area contributed by atoms with E-state index in [1.165, 1.54) is 6.07 Å². The fraction of sp³-hybridized carbons (Fsp3) is 0.115. The van der Waals surface area contributed by atoms with Gasteiger partial charge in [0.15, 0.2) is 5.75 Å². The minimum absolute atomic E-state index is 0.177. The summed E-state index contributed by atoms with van der Waals surface area (Å²) in [5.74, 6) is -0.941. The van der Waals surface area contributed by atoms with Gasteiger partial charge in [0.1, 0.15) is 10.6 Å². The van der Waals surface area contributed by atoms with Crippen molar-refractivity contribution in [2.24, 2.45) is 10.2 Å². The smallest absolute Gasteiger partial charge is 0.296 e. The second kappa shape index (κ2) is 9.28. The maximum absolute atomic E-state index is 12.8. The standard InChI is InChI=1S/C26H23N3O5S/c1-15-9-10-17(3)21(13-15)28-29-24-22(35(32,33)34)14-19-16(2)11-12-20(23(19)25(24)30)27-26(31)18-7-5-4-6-8-18/h4-14,30H,1-3H3,(H,27,31)(H,32,33,34). The lowest BCUT2D eigenvalue weighted by Gasteiger charge is -2.15. The fourth-order valence-corrected chi connectivity index (χ4v) is 4.36. The van der Waals surface area contributed by atoms with E-state index in [0.29, 0.717) is 22.2 Å². The molecule has 1 amide bonds. The van der Waals surface area contributed by atoms with Gasteiger partial charge in [-0.25, -0.2) is 0 Å². The van der Waals surface area contributed by atoms with Crippen LogP contribution < -0.4 is 5.32 Å². The van der Waals surface area contributed by atoms with Crippen LogP contribution in [0.5, 0.6) is 5.75 Å². The molecule has 0 aliphatic carbocycles. The number of nitrogens with one attached hydrogen (secondary N) is 1. The van der Waals surface area contributed by atoms with Crippen LogP contribution in [-0.2, 0) is 10.1 Å². The molecular weight excluding hydrogens is 466 g/mol. The summed E-state index contributed by atoms with van der Waals surface area (Å²) in [4.78, 5) is 12.2. The van der Waals surface area contributed by atoms with E-state index in [4.69, 9.17) is 0 Å². The number of phenolic OH excluding ortho intramolecular Hbond substituents is 1. The van der Waals surface area contributed by atoms with E-state index >= 15 is 0 Å². The predicted octanol–water partition coefficient (Wildman–Crippen LogP) is 6.39. The van der Waals surface area contributed by atoms with Crippen molar-refractivity contribution in [2.75, 3.05) is 5.32 Å². The van der Waals surface area contributed by atoms with Gasteiger partial charge in [-0.1, -0.05) is 36.4 Å². The summed E-state index contributed by atoms with van der Waals surface area (Å²) in [5, 5.41) is 22.6. The van der Waals surface area contributed by atoms with Crippen LogP contribution in [0.25, 0.3) is 10.8 Å². The van der Waals surface area contributed by atoms with E-state index in [9.17, 15) is 22.9 Å². The third kappa shape index (κ3) is 4.91. The van der Waals surface area contributed by atoms with Crippen molar-refractivity contribution in [2.45, 2.75) is 25.7 Å². The molecule has 0 fully saturated rings. The third-order valence-electron chi connectivity index (χ3n) is 5.62. The number of carbonyl (C=O) groups excluding carboxylic acids is 1. The highest BCUT2D eigenvalue weighted by atomic mass is 32.2. The number of azo groups is 1. The van der Waals surface area contributed by atoms with Gasteiger partial charge in [0.05, 0.1) is 11.4 Å². The second-order valence-electron chi connectivity index (χ2n) is 8.21. The van der Waals surface area contributed by atoms with Crippen molar-refractivity contribution >= 4 is 43.9 Å². The van der Waals surface area contributed by atoms with E-state index in [-0.39, 0.29) is 11.1 Å². The Kier molecular flexibility index (Phi) is 6.38. The Morgan fingerprint density at radius 3 is 2.26 bits per heavy atom. The average molecular weight is 490 g/mol. The SMILES string of the molecule is Cc1ccc(C)c(N=Nc2c(S(=O)(=O)O)cc3c(C)ccc(NC(=O)c4ccccc4)c3c2O)c1. The normalized spacial score (nSPS) is 11.8. The lowest BCUT2D eigenvalue weighted by molar-refractivity contribution is 0.102. The minimum Gasteiger partial charge on any atom is -0.505 e. The van der Waals surface area contributed by atoms with Crippen LogP contribution in [0.15, 0.2) is 81.9 Å². The molecular formula is C26H23N3O5S. The number of aromatic hydroxyl groups is 1. The highest BCUT2D eigenvalue weighted by molar-refractivity contribution is 7.86. The Balaban J connectivity index is 1.94. The molecule has 0 saturated heterocycles. The molecule has 0 aliphatic heterocycles. The summed E-state index contributed by atoms with van der Waals surface area (Å²) in [6, 6.07) is 18.5. The highest BCUT2D eigenvalue weighted by Crippen LogP contribution is 2.45. The first-order valence-electron chi connectivity index (χ1n) is 10.7. The number of fused-ring (bicyclic) bond motifs is 1. The van der Waals surface area contributed by atoms with Crippen LogP contribution in [-0.4, -0.2) is 24.0 Å².